The number of fused-ring (bicyclic) bond motifs is 1. The molecule has 0 spiro atoms. The molecule has 8 heteroatoms. The Morgan fingerprint density at radius 2 is 1.79 bits per heavy atom. The predicted molar refractivity (Wildman–Crippen MR) is 129 cm³/mol. The Hall–Kier alpha value is -4.01. The molecule has 1 aromatic heterocycles. The average molecular weight is 456 g/mol. The molecule has 5 rings (SSSR count). The van der Waals surface area contributed by atoms with Crippen molar-refractivity contribution in [3.63, 3.8) is 0 Å². The second kappa shape index (κ2) is 9.46. The van der Waals surface area contributed by atoms with Crippen LogP contribution >= 0.6 is 0 Å². The number of hydrazine groups is 1. The summed E-state index contributed by atoms with van der Waals surface area (Å²) >= 11 is 0. The zero-order valence-electron chi connectivity index (χ0n) is 18.7. The van der Waals surface area contributed by atoms with Crippen LogP contribution in [0.25, 0.3) is 10.9 Å². The molecule has 2 atom stereocenters. The topological polar surface area (TPSA) is 111 Å². The first-order valence-corrected chi connectivity index (χ1v) is 11.1. The highest BCUT2D eigenvalue weighted by molar-refractivity contribution is 5.94. The number of aromatic amines is 1. The van der Waals surface area contributed by atoms with Crippen LogP contribution in [0.5, 0.6) is 11.6 Å². The highest BCUT2D eigenvalue weighted by atomic mass is 16.5. The Morgan fingerprint density at radius 3 is 2.59 bits per heavy atom. The van der Waals surface area contributed by atoms with Crippen LogP contribution < -0.4 is 15.6 Å². The number of amides is 1. The summed E-state index contributed by atoms with van der Waals surface area (Å²) in [6.07, 6.45) is 0.529. The second-order valence-electron chi connectivity index (χ2n) is 8.38. The van der Waals surface area contributed by atoms with E-state index in [1.165, 1.54) is 5.56 Å². The van der Waals surface area contributed by atoms with Gasteiger partial charge in [-0.15, -0.1) is 10.2 Å². The summed E-state index contributed by atoms with van der Waals surface area (Å²) in [4.78, 5) is 15.4. The summed E-state index contributed by atoms with van der Waals surface area (Å²) in [7, 11) is 0. The van der Waals surface area contributed by atoms with Crippen molar-refractivity contribution in [1.82, 2.24) is 15.8 Å². The normalized spacial score (nSPS) is 18.0. The van der Waals surface area contributed by atoms with E-state index in [2.05, 4.69) is 57.3 Å². The lowest BCUT2D eigenvalue weighted by atomic mass is 10.0. The number of azo groups is 1. The molecular weight excluding hydrogens is 430 g/mol. The molecule has 4 N–H and O–H groups in total. The molecule has 2 heterocycles. The maximum absolute atomic E-state index is 12.6. The Labute approximate surface area is 196 Å². The first kappa shape index (κ1) is 21.8. The molecule has 0 saturated carbocycles. The quantitative estimate of drug-likeness (QED) is 0.307. The minimum atomic E-state index is -0.515. The highest BCUT2D eigenvalue weighted by Gasteiger charge is 2.30. The fourth-order valence-electron chi connectivity index (χ4n) is 3.97. The maximum Gasteiger partial charge on any atom is 0.282 e. The first-order chi connectivity index (χ1) is 16.6. The number of aromatic hydroxyl groups is 1. The van der Waals surface area contributed by atoms with Gasteiger partial charge in [0, 0.05) is 11.4 Å². The summed E-state index contributed by atoms with van der Waals surface area (Å²) < 4.78 is 5.88. The SMILES string of the molecule is Cc1ccc(COc2ccc(C3CC(C(=O)N=Nc4c(O)[nH]c5ccccc45)NN3)cc2)cc1. The van der Waals surface area contributed by atoms with Crippen LogP contribution in [0.1, 0.15) is 29.2 Å². The Morgan fingerprint density at radius 1 is 1.03 bits per heavy atom. The third-order valence-electron chi connectivity index (χ3n) is 5.92. The molecule has 1 amide bonds. The van der Waals surface area contributed by atoms with Crippen LogP contribution in [-0.2, 0) is 11.4 Å². The van der Waals surface area contributed by atoms with Gasteiger partial charge < -0.3 is 14.8 Å². The third kappa shape index (κ3) is 4.68. The number of benzene rings is 3. The van der Waals surface area contributed by atoms with Gasteiger partial charge in [-0.25, -0.2) is 10.9 Å². The average Bonchev–Trinajstić information content (AvgIpc) is 3.47. The largest absolute Gasteiger partial charge is 0.493 e. The summed E-state index contributed by atoms with van der Waals surface area (Å²) in [6, 6.07) is 22.9. The van der Waals surface area contributed by atoms with Gasteiger partial charge in [-0.1, -0.05) is 60.2 Å². The standard InChI is InChI=1S/C26H25N5O3/c1-16-6-8-17(9-7-16)15-34-19-12-10-18(11-13-19)22-14-23(29-28-22)25(32)31-30-24-20-4-2-3-5-21(20)27-26(24)33/h2-13,22-23,27-29,33H,14-15H2,1H3. The van der Waals surface area contributed by atoms with E-state index in [-0.39, 0.29) is 17.6 Å². The Kier molecular flexibility index (Phi) is 6.07. The van der Waals surface area contributed by atoms with Crippen molar-refractivity contribution >= 4 is 22.5 Å². The molecule has 0 radical (unpaired) electrons. The number of H-pyrrole nitrogens is 1. The van der Waals surface area contributed by atoms with E-state index in [9.17, 15) is 9.90 Å². The molecule has 8 nitrogen and oxygen atoms in total. The Bertz CT molecular complexity index is 1330. The molecule has 172 valence electrons. The van der Waals surface area contributed by atoms with Gasteiger partial charge in [0.15, 0.2) is 5.69 Å². The molecule has 3 aromatic carbocycles. The fraction of sp³-hybridized carbons (Fsp3) is 0.192. The summed E-state index contributed by atoms with van der Waals surface area (Å²) in [5.41, 5.74) is 10.5. The molecular formula is C26H25N5O3. The molecule has 1 aliphatic heterocycles. The number of carbonyl (C=O) groups excluding carboxylic acids is 1. The number of nitrogens with one attached hydrogen (secondary N) is 3. The molecule has 0 bridgehead atoms. The van der Waals surface area contributed by atoms with Crippen LogP contribution in [0.15, 0.2) is 83.0 Å². The number of ether oxygens (including phenoxy) is 1. The Balaban J connectivity index is 1.18. The van der Waals surface area contributed by atoms with Gasteiger partial charge in [0.1, 0.15) is 18.4 Å². The number of para-hydroxylation sites is 1. The van der Waals surface area contributed by atoms with Gasteiger partial charge in [-0.3, -0.25) is 4.79 Å². The number of rotatable bonds is 6. The lowest BCUT2D eigenvalue weighted by molar-refractivity contribution is -0.120. The van der Waals surface area contributed by atoms with Crippen LogP contribution in [-0.4, -0.2) is 22.0 Å². The van der Waals surface area contributed by atoms with E-state index in [4.69, 9.17) is 4.74 Å². The summed E-state index contributed by atoms with van der Waals surface area (Å²) in [5.74, 6) is 0.269. The number of carbonyl (C=O) groups is 1. The van der Waals surface area contributed by atoms with Crippen molar-refractivity contribution in [3.05, 3.63) is 89.5 Å². The van der Waals surface area contributed by atoms with E-state index in [0.29, 0.717) is 18.4 Å². The summed E-state index contributed by atoms with van der Waals surface area (Å²) in [6.45, 7) is 2.57. The highest BCUT2D eigenvalue weighted by Crippen LogP contribution is 2.35. The molecule has 34 heavy (non-hydrogen) atoms. The second-order valence-corrected chi connectivity index (χ2v) is 8.38. The first-order valence-electron chi connectivity index (χ1n) is 11.1. The summed E-state index contributed by atoms with van der Waals surface area (Å²) in [5, 5.41) is 18.6. The number of aromatic nitrogens is 1. The minimum absolute atomic E-state index is 0.0446. The predicted octanol–water partition coefficient (Wildman–Crippen LogP) is 4.98. The van der Waals surface area contributed by atoms with Gasteiger partial charge in [-0.05, 0) is 42.7 Å². The van der Waals surface area contributed by atoms with Crippen molar-refractivity contribution in [2.45, 2.75) is 32.0 Å². The van der Waals surface area contributed by atoms with Gasteiger partial charge in [0.25, 0.3) is 5.91 Å². The van der Waals surface area contributed by atoms with E-state index >= 15 is 0 Å². The van der Waals surface area contributed by atoms with Gasteiger partial charge >= 0.3 is 0 Å². The van der Waals surface area contributed by atoms with Crippen molar-refractivity contribution in [3.8, 4) is 11.6 Å². The third-order valence-corrected chi connectivity index (χ3v) is 5.92. The zero-order chi connectivity index (χ0) is 23.5. The maximum atomic E-state index is 12.6. The zero-order valence-corrected chi connectivity index (χ0v) is 18.7. The number of hydrogen-bond acceptors (Lipinski definition) is 6. The van der Waals surface area contributed by atoms with Gasteiger partial charge in [-0.2, -0.15) is 0 Å². The molecule has 2 unspecified atom stereocenters. The lowest BCUT2D eigenvalue weighted by Crippen LogP contribution is -2.35. The van der Waals surface area contributed by atoms with E-state index < -0.39 is 11.9 Å². The molecule has 4 aromatic rings. The van der Waals surface area contributed by atoms with Crippen LogP contribution in [0.3, 0.4) is 0 Å². The van der Waals surface area contributed by atoms with E-state index in [1.807, 2.05) is 48.5 Å². The van der Waals surface area contributed by atoms with Gasteiger partial charge in [0.2, 0.25) is 5.88 Å². The van der Waals surface area contributed by atoms with Crippen LogP contribution in [0.2, 0.25) is 0 Å². The monoisotopic (exact) mass is 455 g/mol. The smallest absolute Gasteiger partial charge is 0.282 e. The van der Waals surface area contributed by atoms with Crippen LogP contribution in [0.4, 0.5) is 5.69 Å². The minimum Gasteiger partial charge on any atom is -0.493 e. The fourth-order valence-corrected chi connectivity index (χ4v) is 3.97. The number of hydrogen-bond donors (Lipinski definition) is 4. The molecule has 1 saturated heterocycles. The van der Waals surface area contributed by atoms with Crippen molar-refractivity contribution in [2.24, 2.45) is 10.2 Å². The van der Waals surface area contributed by atoms with Crippen molar-refractivity contribution in [2.75, 3.05) is 0 Å². The lowest BCUT2D eigenvalue weighted by Gasteiger charge is -2.11. The van der Waals surface area contributed by atoms with Crippen molar-refractivity contribution < 1.29 is 14.6 Å². The number of nitrogens with zero attached hydrogens (tertiary/aromatic N) is 2. The molecule has 0 aliphatic carbocycles. The number of aryl methyl sites for hydroxylation is 1. The van der Waals surface area contributed by atoms with Gasteiger partial charge in [0.05, 0.1) is 5.52 Å². The van der Waals surface area contributed by atoms with E-state index in [1.54, 1.807) is 0 Å². The molecule has 1 fully saturated rings. The van der Waals surface area contributed by atoms with Crippen molar-refractivity contribution in [1.29, 1.82) is 0 Å². The molecule has 1 aliphatic rings. The van der Waals surface area contributed by atoms with Crippen LogP contribution in [0, 0.1) is 6.92 Å². The van der Waals surface area contributed by atoms with E-state index in [0.717, 1.165) is 22.4 Å².